The minimum Gasteiger partial charge on any atom is -0.294 e. The fraction of sp³-hybridized carbons (Fsp3) is 0.471. The first-order chi connectivity index (χ1) is 9.88. The number of aromatic amines is 1. The second-order valence-corrected chi connectivity index (χ2v) is 7.54. The fourth-order valence-corrected chi connectivity index (χ4v) is 4.67. The van der Waals surface area contributed by atoms with Crippen LogP contribution in [-0.2, 0) is 5.41 Å². The molecule has 4 rings (SSSR count). The van der Waals surface area contributed by atoms with Crippen molar-refractivity contribution in [2.24, 2.45) is 5.41 Å². The highest BCUT2D eigenvalue weighted by atomic mass is 35.5. The van der Waals surface area contributed by atoms with E-state index in [0.717, 1.165) is 29.8 Å². The van der Waals surface area contributed by atoms with Crippen molar-refractivity contribution in [3.63, 3.8) is 0 Å². The Balaban J connectivity index is 1.98. The molecule has 3 nitrogen and oxygen atoms in total. The van der Waals surface area contributed by atoms with Gasteiger partial charge >= 0.3 is 0 Å². The maximum atomic E-state index is 12.9. The molecule has 1 aromatic heterocycles. The number of para-hydroxylation sites is 1. The first-order valence-corrected chi connectivity index (χ1v) is 7.86. The van der Waals surface area contributed by atoms with Crippen molar-refractivity contribution in [1.29, 1.82) is 0 Å². The fourth-order valence-electron chi connectivity index (χ4n) is 4.45. The van der Waals surface area contributed by atoms with Gasteiger partial charge in [0, 0.05) is 16.7 Å². The summed E-state index contributed by atoms with van der Waals surface area (Å²) in [7, 11) is 0. The molecule has 21 heavy (non-hydrogen) atoms. The van der Waals surface area contributed by atoms with Crippen LogP contribution < -0.4 is 5.56 Å². The number of nitrogens with one attached hydrogen (secondary N) is 1. The number of aromatic nitrogens is 2. The molecule has 2 aromatic rings. The summed E-state index contributed by atoms with van der Waals surface area (Å²) in [6.07, 6.45) is 2.24. The monoisotopic (exact) mass is 302 g/mol. The van der Waals surface area contributed by atoms with Crippen LogP contribution in [0.4, 0.5) is 0 Å². The van der Waals surface area contributed by atoms with E-state index in [4.69, 9.17) is 11.6 Å². The summed E-state index contributed by atoms with van der Waals surface area (Å²) < 4.78 is 1.62. The van der Waals surface area contributed by atoms with Crippen molar-refractivity contribution in [1.82, 2.24) is 9.78 Å². The Labute approximate surface area is 128 Å². The Hall–Kier alpha value is -1.48. The molecule has 0 spiro atoms. The number of nitrogens with zero attached hydrogens (tertiary/aromatic N) is 1. The lowest BCUT2D eigenvalue weighted by Gasteiger charge is -2.34. The third kappa shape index (κ3) is 1.38. The lowest BCUT2D eigenvalue weighted by molar-refractivity contribution is 0.224. The lowest BCUT2D eigenvalue weighted by atomic mass is 9.70. The van der Waals surface area contributed by atoms with Gasteiger partial charge < -0.3 is 0 Å². The molecule has 1 N–H and O–H groups in total. The van der Waals surface area contributed by atoms with E-state index in [2.05, 4.69) is 25.9 Å². The number of benzene rings is 1. The van der Waals surface area contributed by atoms with Gasteiger partial charge in [0.1, 0.15) is 0 Å². The zero-order chi connectivity index (χ0) is 15.0. The molecule has 1 aromatic carbocycles. The van der Waals surface area contributed by atoms with E-state index in [1.54, 1.807) is 4.68 Å². The van der Waals surface area contributed by atoms with E-state index in [0.29, 0.717) is 10.9 Å². The van der Waals surface area contributed by atoms with Gasteiger partial charge in [0.25, 0.3) is 5.56 Å². The molecule has 0 radical (unpaired) electrons. The van der Waals surface area contributed by atoms with E-state index in [1.807, 2.05) is 24.3 Å². The minimum atomic E-state index is 0.0542. The summed E-state index contributed by atoms with van der Waals surface area (Å²) in [6.45, 7) is 6.86. The van der Waals surface area contributed by atoms with E-state index in [1.165, 1.54) is 0 Å². The second kappa shape index (κ2) is 3.83. The van der Waals surface area contributed by atoms with Crippen molar-refractivity contribution in [2.45, 2.75) is 44.9 Å². The van der Waals surface area contributed by atoms with Gasteiger partial charge in [-0.15, -0.1) is 0 Å². The zero-order valence-corrected chi connectivity index (χ0v) is 13.3. The van der Waals surface area contributed by atoms with Gasteiger partial charge in [0.15, 0.2) is 0 Å². The van der Waals surface area contributed by atoms with Crippen LogP contribution in [0.25, 0.3) is 5.69 Å². The summed E-state index contributed by atoms with van der Waals surface area (Å²) in [6, 6.07) is 7.47. The molecule has 0 aliphatic heterocycles. The van der Waals surface area contributed by atoms with Gasteiger partial charge in [-0.3, -0.25) is 9.89 Å². The largest absolute Gasteiger partial charge is 0.294 e. The molecule has 1 heterocycles. The Morgan fingerprint density at radius 3 is 2.67 bits per heavy atom. The number of fused-ring (bicyclic) bond motifs is 5. The number of hydrogen-bond donors (Lipinski definition) is 1. The second-order valence-electron chi connectivity index (χ2n) is 7.14. The van der Waals surface area contributed by atoms with Gasteiger partial charge in [-0.25, -0.2) is 4.68 Å². The molecule has 1 saturated carbocycles. The SMILES string of the molecule is CC1(C)[C@H]2CC[C@]1(C)c1[nH]n(-c3ccccc3Cl)c(=O)c12. The molecule has 2 aliphatic carbocycles. The Kier molecular flexibility index (Phi) is 2.41. The van der Waals surface area contributed by atoms with Crippen LogP contribution >= 0.6 is 11.6 Å². The maximum Gasteiger partial charge on any atom is 0.275 e. The number of hydrogen-bond acceptors (Lipinski definition) is 1. The highest BCUT2D eigenvalue weighted by Gasteiger charge is 2.61. The lowest BCUT2D eigenvalue weighted by Crippen LogP contribution is -2.33. The van der Waals surface area contributed by atoms with E-state index in [9.17, 15) is 4.79 Å². The average Bonchev–Trinajstić information content (AvgIpc) is 2.94. The van der Waals surface area contributed by atoms with Crippen LogP contribution in [-0.4, -0.2) is 9.78 Å². The van der Waals surface area contributed by atoms with Gasteiger partial charge in [-0.05, 0) is 36.3 Å². The number of halogens is 1. The third-order valence-corrected chi connectivity index (χ3v) is 6.47. The topological polar surface area (TPSA) is 37.8 Å². The van der Waals surface area contributed by atoms with Crippen LogP contribution in [0.5, 0.6) is 0 Å². The molecule has 4 heteroatoms. The molecule has 2 aliphatic rings. The predicted octanol–water partition coefficient (Wildman–Crippen LogP) is 3.99. The number of H-pyrrole nitrogens is 1. The van der Waals surface area contributed by atoms with Crippen LogP contribution in [0.15, 0.2) is 29.1 Å². The molecular weight excluding hydrogens is 284 g/mol. The Bertz CT molecular complexity index is 801. The van der Waals surface area contributed by atoms with Crippen molar-refractivity contribution in [2.75, 3.05) is 0 Å². The van der Waals surface area contributed by atoms with Gasteiger partial charge in [0.2, 0.25) is 0 Å². The van der Waals surface area contributed by atoms with Crippen molar-refractivity contribution < 1.29 is 0 Å². The highest BCUT2D eigenvalue weighted by Crippen LogP contribution is 2.66. The molecule has 1 fully saturated rings. The van der Waals surface area contributed by atoms with E-state index in [-0.39, 0.29) is 16.4 Å². The summed E-state index contributed by atoms with van der Waals surface area (Å²) in [4.78, 5) is 12.9. The normalized spacial score (nSPS) is 28.9. The minimum absolute atomic E-state index is 0.0542. The molecule has 2 bridgehead atoms. The number of rotatable bonds is 1. The summed E-state index contributed by atoms with van der Waals surface area (Å²) in [5.41, 5.74) is 3.10. The van der Waals surface area contributed by atoms with Crippen molar-refractivity contribution in [3.8, 4) is 5.69 Å². The smallest absolute Gasteiger partial charge is 0.275 e. The van der Waals surface area contributed by atoms with Gasteiger partial charge in [-0.1, -0.05) is 44.5 Å². The van der Waals surface area contributed by atoms with Crippen LogP contribution in [0, 0.1) is 5.41 Å². The molecule has 0 amide bonds. The maximum absolute atomic E-state index is 12.9. The summed E-state index contributed by atoms with van der Waals surface area (Å²) in [5.74, 6) is 0.352. The van der Waals surface area contributed by atoms with Crippen LogP contribution in [0.3, 0.4) is 0 Å². The first-order valence-electron chi connectivity index (χ1n) is 7.48. The standard InChI is InChI=1S/C17H19ClN2O/c1-16(2)10-8-9-17(16,3)14-13(10)15(21)20(19-14)12-7-5-4-6-11(12)18/h4-7,10,19H,8-9H2,1-3H3/t10-,17+/m0/s1. The quantitative estimate of drug-likeness (QED) is 0.849. The molecule has 2 atom stereocenters. The predicted molar refractivity (Wildman–Crippen MR) is 84.5 cm³/mol. The van der Waals surface area contributed by atoms with E-state index < -0.39 is 0 Å². The van der Waals surface area contributed by atoms with Gasteiger partial charge in [0.05, 0.1) is 10.7 Å². The van der Waals surface area contributed by atoms with E-state index >= 15 is 0 Å². The highest BCUT2D eigenvalue weighted by molar-refractivity contribution is 6.32. The van der Waals surface area contributed by atoms with Crippen molar-refractivity contribution >= 4 is 11.6 Å². The Morgan fingerprint density at radius 1 is 1.29 bits per heavy atom. The van der Waals surface area contributed by atoms with Gasteiger partial charge in [-0.2, -0.15) is 0 Å². The van der Waals surface area contributed by atoms with Crippen LogP contribution in [0.2, 0.25) is 5.02 Å². The average molecular weight is 303 g/mol. The molecular formula is C17H19ClN2O. The summed E-state index contributed by atoms with van der Waals surface area (Å²) >= 11 is 6.25. The molecule has 110 valence electrons. The molecule has 0 saturated heterocycles. The molecule has 0 unspecified atom stereocenters. The third-order valence-electron chi connectivity index (χ3n) is 6.15. The van der Waals surface area contributed by atoms with Crippen LogP contribution in [0.1, 0.15) is 50.8 Å². The Morgan fingerprint density at radius 2 is 2.00 bits per heavy atom. The zero-order valence-electron chi connectivity index (χ0n) is 12.5. The first kappa shape index (κ1) is 13.2. The van der Waals surface area contributed by atoms with Crippen molar-refractivity contribution in [3.05, 3.63) is 50.9 Å². The summed E-state index contributed by atoms with van der Waals surface area (Å²) in [5, 5.41) is 3.96.